The van der Waals surface area contributed by atoms with E-state index in [9.17, 15) is 39.5 Å². The highest BCUT2D eigenvalue weighted by molar-refractivity contribution is 7.47. The van der Waals surface area contributed by atoms with Crippen LogP contribution in [-0.4, -0.2) is 107 Å². The zero-order valence-electron chi connectivity index (χ0n) is 39.5. The van der Waals surface area contributed by atoms with E-state index in [1.807, 2.05) is 0 Å². The number of unbranched alkanes of at least 4 members (excludes halogenated alkanes) is 18. The lowest BCUT2D eigenvalue weighted by Gasteiger charge is -2.41. The third-order valence-corrected chi connectivity index (χ3v) is 11.9. The maximum Gasteiger partial charge on any atom is 0.472 e. The van der Waals surface area contributed by atoms with E-state index in [1.54, 1.807) is 0 Å². The van der Waals surface area contributed by atoms with Gasteiger partial charge < -0.3 is 44.8 Å². The second kappa shape index (κ2) is 39.9. The first-order valence-corrected chi connectivity index (χ1v) is 26.1. The topological polar surface area (TPSA) is 211 Å². The minimum Gasteiger partial charge on any atom is -0.462 e. The molecule has 0 saturated carbocycles. The molecule has 1 heterocycles. The average molecular weight is 930 g/mol. The number of nitrogens with one attached hydrogen (secondary N) is 1. The molecule has 0 aromatic rings. The summed E-state index contributed by atoms with van der Waals surface area (Å²) in [4.78, 5) is 35.6. The van der Waals surface area contributed by atoms with Gasteiger partial charge in [-0.05, 0) is 57.8 Å². The number of carbonyl (C=O) groups excluding carboxylic acids is 2. The van der Waals surface area contributed by atoms with Gasteiger partial charge in [-0.2, -0.15) is 0 Å². The fourth-order valence-electron chi connectivity index (χ4n) is 6.94. The molecule has 1 fully saturated rings. The van der Waals surface area contributed by atoms with Crippen LogP contribution in [0.1, 0.15) is 181 Å². The quantitative estimate of drug-likeness (QED) is 0.0146. The van der Waals surface area contributed by atoms with E-state index in [2.05, 4.69) is 67.8 Å². The predicted octanol–water partition coefficient (Wildman–Crippen LogP) is 9.37. The average Bonchev–Trinajstić information content (AvgIpc) is 3.27. The molecule has 1 unspecified atom stereocenters. The van der Waals surface area contributed by atoms with Gasteiger partial charge in [0.15, 0.2) is 6.10 Å². The molecule has 6 N–H and O–H groups in total. The number of hydrogen-bond acceptors (Lipinski definition) is 13. The van der Waals surface area contributed by atoms with Gasteiger partial charge in [0.2, 0.25) is 5.79 Å². The Kier molecular flexibility index (Phi) is 37.3. The summed E-state index contributed by atoms with van der Waals surface area (Å²) in [5.74, 6) is -3.19. The Labute approximate surface area is 385 Å². The van der Waals surface area contributed by atoms with E-state index < -0.39 is 63.2 Å². The van der Waals surface area contributed by atoms with Crippen molar-refractivity contribution >= 4 is 19.8 Å². The van der Waals surface area contributed by atoms with Crippen LogP contribution in [-0.2, 0) is 37.4 Å². The molecule has 0 spiro atoms. The number of aliphatic hydroxyl groups is 4. The standard InChI is InChI=1S/C49H88NO13P/c1-3-5-7-9-11-13-15-17-18-19-20-21-22-24-26-28-30-32-34-36-46(53)63-43(39-59-45(52)35-33-31-29-27-25-23-16-14-12-10-8-6-4-2)40-62-64(57,58)61-38-37-50-42-49(56)48(55)47(54)44(51)41-60-49/h11,13,17-18,20-21,24,26,43-44,47-48,50-51,54-56H,3-10,12,14-16,19,22-23,25,27-42H2,1-2H3,(H,57,58)/b13-11-,18-17-,21-20-,26-24-/t43-,44-,47-,48+,49-/m1/s1. The Morgan fingerprint density at radius 3 is 1.70 bits per heavy atom. The first kappa shape index (κ1) is 59.8. The fraction of sp³-hybridized carbons (Fsp3) is 0.796. The Morgan fingerprint density at radius 1 is 0.672 bits per heavy atom. The van der Waals surface area contributed by atoms with Crippen molar-refractivity contribution in [3.63, 3.8) is 0 Å². The highest BCUT2D eigenvalue weighted by atomic mass is 31.2. The Morgan fingerprint density at radius 2 is 1.14 bits per heavy atom. The van der Waals surface area contributed by atoms with Crippen LogP contribution in [0.4, 0.5) is 0 Å². The molecular weight excluding hydrogens is 842 g/mol. The van der Waals surface area contributed by atoms with Crippen LogP contribution in [0.3, 0.4) is 0 Å². The number of phosphoric acid groups is 1. The summed E-state index contributed by atoms with van der Waals surface area (Å²) in [7, 11) is -4.66. The summed E-state index contributed by atoms with van der Waals surface area (Å²) < 4.78 is 38.8. The van der Waals surface area contributed by atoms with Crippen LogP contribution in [0.15, 0.2) is 48.6 Å². The van der Waals surface area contributed by atoms with Crippen LogP contribution in [0, 0.1) is 0 Å². The van der Waals surface area contributed by atoms with Crippen LogP contribution < -0.4 is 5.32 Å². The van der Waals surface area contributed by atoms with Gasteiger partial charge in [-0.15, -0.1) is 0 Å². The molecule has 1 saturated heterocycles. The Hall–Kier alpha value is -2.23. The number of aliphatic hydroxyl groups excluding tert-OH is 3. The van der Waals surface area contributed by atoms with Crippen molar-refractivity contribution in [1.82, 2.24) is 5.32 Å². The lowest BCUT2D eigenvalue weighted by molar-refractivity contribution is -0.317. The third-order valence-electron chi connectivity index (χ3n) is 10.9. The van der Waals surface area contributed by atoms with Crippen LogP contribution in [0.5, 0.6) is 0 Å². The van der Waals surface area contributed by atoms with E-state index >= 15 is 0 Å². The number of phosphoric ester groups is 1. The van der Waals surface area contributed by atoms with Gasteiger partial charge >= 0.3 is 19.8 Å². The zero-order chi connectivity index (χ0) is 47.0. The molecule has 0 aliphatic carbocycles. The summed E-state index contributed by atoms with van der Waals surface area (Å²) in [6, 6.07) is 0. The number of allylic oxidation sites excluding steroid dienone is 8. The van der Waals surface area contributed by atoms with E-state index in [1.165, 1.54) is 77.0 Å². The molecule has 0 radical (unpaired) electrons. The first-order valence-electron chi connectivity index (χ1n) is 24.6. The van der Waals surface area contributed by atoms with Crippen LogP contribution in [0.25, 0.3) is 0 Å². The second-order valence-corrected chi connectivity index (χ2v) is 18.4. The molecule has 1 aliphatic heterocycles. The lowest BCUT2D eigenvalue weighted by Crippen LogP contribution is -2.64. The van der Waals surface area contributed by atoms with Crippen LogP contribution >= 0.6 is 7.82 Å². The van der Waals surface area contributed by atoms with E-state index in [-0.39, 0.29) is 39.1 Å². The van der Waals surface area contributed by atoms with Crippen molar-refractivity contribution in [1.29, 1.82) is 0 Å². The summed E-state index contributed by atoms with van der Waals surface area (Å²) >= 11 is 0. The summed E-state index contributed by atoms with van der Waals surface area (Å²) in [6.45, 7) is 2.29. The molecule has 1 aliphatic rings. The SMILES string of the molecule is CCCCC/C=C\C/C=C\C/C=C\C/C=C\CCCCCC(=O)O[C@H](COC(=O)CCCCCCCCCCCCCCC)COP(=O)(O)OCCNC[C@@]1(O)OC[C@@H](O)[C@@H](O)[C@@H]1O. The van der Waals surface area contributed by atoms with Gasteiger partial charge in [-0.1, -0.05) is 159 Å². The van der Waals surface area contributed by atoms with E-state index in [0.717, 1.165) is 64.2 Å². The highest BCUT2D eigenvalue weighted by Gasteiger charge is 2.48. The van der Waals surface area contributed by atoms with Crippen molar-refractivity contribution in [2.75, 3.05) is 39.5 Å². The molecular formula is C49H88NO13P. The number of ether oxygens (including phenoxy) is 3. The molecule has 6 atom stereocenters. The number of esters is 2. The first-order chi connectivity index (χ1) is 30.9. The molecule has 0 aromatic heterocycles. The monoisotopic (exact) mass is 930 g/mol. The number of rotatable bonds is 42. The minimum absolute atomic E-state index is 0.0947. The number of carbonyl (C=O) groups is 2. The Balaban J connectivity index is 2.44. The molecule has 372 valence electrons. The van der Waals surface area contributed by atoms with Gasteiger partial charge in [0.05, 0.1) is 26.4 Å². The number of hydrogen-bond donors (Lipinski definition) is 6. The molecule has 0 bridgehead atoms. The second-order valence-electron chi connectivity index (χ2n) is 16.9. The zero-order valence-corrected chi connectivity index (χ0v) is 40.4. The van der Waals surface area contributed by atoms with E-state index in [4.69, 9.17) is 23.3 Å². The maximum atomic E-state index is 12.8. The van der Waals surface area contributed by atoms with Gasteiger partial charge in [0.25, 0.3) is 0 Å². The van der Waals surface area contributed by atoms with Crippen molar-refractivity contribution in [3.05, 3.63) is 48.6 Å². The molecule has 15 heteroatoms. The van der Waals surface area contributed by atoms with Crippen molar-refractivity contribution < 1.29 is 62.7 Å². The smallest absolute Gasteiger partial charge is 0.462 e. The van der Waals surface area contributed by atoms with Gasteiger partial charge in [0, 0.05) is 19.4 Å². The van der Waals surface area contributed by atoms with Gasteiger partial charge in [-0.3, -0.25) is 18.6 Å². The highest BCUT2D eigenvalue weighted by Crippen LogP contribution is 2.43. The van der Waals surface area contributed by atoms with E-state index in [0.29, 0.717) is 12.8 Å². The predicted molar refractivity (Wildman–Crippen MR) is 252 cm³/mol. The summed E-state index contributed by atoms with van der Waals surface area (Å²) in [5.41, 5.74) is 0. The van der Waals surface area contributed by atoms with Crippen LogP contribution in [0.2, 0.25) is 0 Å². The minimum atomic E-state index is -4.66. The molecule has 1 rings (SSSR count). The van der Waals surface area contributed by atoms with Gasteiger partial charge in [0.1, 0.15) is 24.9 Å². The normalized spacial score (nSPS) is 20.8. The van der Waals surface area contributed by atoms with Crippen molar-refractivity contribution in [2.45, 2.75) is 211 Å². The molecule has 64 heavy (non-hydrogen) atoms. The molecule has 0 amide bonds. The summed E-state index contributed by atoms with van der Waals surface area (Å²) in [5, 5.41) is 42.7. The molecule has 14 nitrogen and oxygen atoms in total. The Bertz CT molecular complexity index is 1330. The van der Waals surface area contributed by atoms with Gasteiger partial charge in [-0.25, -0.2) is 4.57 Å². The summed E-state index contributed by atoms with van der Waals surface area (Å²) in [6.07, 6.45) is 38.2. The largest absolute Gasteiger partial charge is 0.472 e. The maximum absolute atomic E-state index is 12.8. The molecule has 0 aromatic carbocycles. The fourth-order valence-corrected chi connectivity index (χ4v) is 7.69. The lowest BCUT2D eigenvalue weighted by atomic mass is 9.97. The third kappa shape index (κ3) is 33.3. The van der Waals surface area contributed by atoms with Crippen molar-refractivity contribution in [2.24, 2.45) is 0 Å². The van der Waals surface area contributed by atoms with Crippen molar-refractivity contribution in [3.8, 4) is 0 Å².